The van der Waals surface area contributed by atoms with Gasteiger partial charge in [-0.2, -0.15) is 0 Å². The molecule has 1 aliphatic rings. The number of para-hydroxylation sites is 2. The second kappa shape index (κ2) is 7.55. The first-order valence-electron chi connectivity index (χ1n) is 7.83. The number of nitro groups is 1. The van der Waals surface area contributed by atoms with Gasteiger partial charge < -0.3 is 14.5 Å². The molecule has 0 aliphatic carbocycles. The Labute approximate surface area is 145 Å². The summed E-state index contributed by atoms with van der Waals surface area (Å²) in [7, 11) is 2.14. The largest absolute Gasteiger partial charge is 0.369 e. The van der Waals surface area contributed by atoms with Crippen LogP contribution in [-0.2, 0) is 0 Å². The third-order valence-corrected chi connectivity index (χ3v) is 4.88. The van der Waals surface area contributed by atoms with E-state index in [0.717, 1.165) is 31.1 Å². The van der Waals surface area contributed by atoms with E-state index in [1.54, 1.807) is 18.2 Å². The number of hydrogen-bond acceptors (Lipinski definition) is 6. The van der Waals surface area contributed by atoms with E-state index in [1.807, 2.05) is 12.1 Å². The van der Waals surface area contributed by atoms with Crippen LogP contribution in [-0.4, -0.2) is 43.0 Å². The third-order valence-electron chi connectivity index (χ3n) is 4.07. The average molecular weight is 344 g/mol. The first-order valence-corrected chi connectivity index (χ1v) is 8.65. The van der Waals surface area contributed by atoms with Crippen molar-refractivity contribution in [2.24, 2.45) is 0 Å². The Kier molecular flexibility index (Phi) is 5.22. The fourth-order valence-corrected chi connectivity index (χ4v) is 3.37. The lowest BCUT2D eigenvalue weighted by molar-refractivity contribution is -0.383. The van der Waals surface area contributed by atoms with Crippen LogP contribution in [0.1, 0.15) is 0 Å². The Morgan fingerprint density at radius 3 is 2.58 bits per heavy atom. The van der Waals surface area contributed by atoms with Crippen LogP contribution in [0.15, 0.2) is 53.4 Å². The second-order valence-electron chi connectivity index (χ2n) is 5.77. The van der Waals surface area contributed by atoms with Gasteiger partial charge in [0.05, 0.1) is 4.92 Å². The topological polar surface area (TPSA) is 61.6 Å². The van der Waals surface area contributed by atoms with Crippen molar-refractivity contribution in [2.75, 3.05) is 42.8 Å². The fraction of sp³-hybridized carbons (Fsp3) is 0.294. The van der Waals surface area contributed by atoms with Crippen LogP contribution in [0.5, 0.6) is 0 Å². The molecule has 0 radical (unpaired) electrons. The normalized spacial score (nSPS) is 15.3. The van der Waals surface area contributed by atoms with Crippen LogP contribution >= 0.6 is 11.9 Å². The lowest BCUT2D eigenvalue weighted by Gasteiger charge is -2.34. The Hall–Kier alpha value is -2.25. The molecule has 2 aromatic carbocycles. The number of nitrogens with zero attached hydrogens (tertiary/aromatic N) is 3. The molecule has 7 heteroatoms. The van der Waals surface area contributed by atoms with Gasteiger partial charge in [-0.05, 0) is 43.3 Å². The maximum Gasteiger partial charge on any atom is 0.293 e. The number of nitro benzene ring substituents is 1. The van der Waals surface area contributed by atoms with Crippen LogP contribution < -0.4 is 9.62 Å². The molecule has 0 aromatic heterocycles. The number of anilines is 2. The highest BCUT2D eigenvalue weighted by atomic mass is 32.2. The van der Waals surface area contributed by atoms with Crippen molar-refractivity contribution >= 4 is 29.0 Å². The lowest BCUT2D eigenvalue weighted by Crippen LogP contribution is -2.44. The van der Waals surface area contributed by atoms with E-state index in [-0.39, 0.29) is 10.6 Å². The molecule has 1 aliphatic heterocycles. The van der Waals surface area contributed by atoms with Crippen molar-refractivity contribution < 1.29 is 4.92 Å². The van der Waals surface area contributed by atoms with Gasteiger partial charge in [-0.25, -0.2) is 0 Å². The summed E-state index contributed by atoms with van der Waals surface area (Å²) in [6.07, 6.45) is 0. The minimum Gasteiger partial charge on any atom is -0.369 e. The average Bonchev–Trinajstić information content (AvgIpc) is 2.61. The smallest absolute Gasteiger partial charge is 0.293 e. The predicted octanol–water partition coefficient (Wildman–Crippen LogP) is 3.47. The Morgan fingerprint density at radius 1 is 1.08 bits per heavy atom. The third kappa shape index (κ3) is 3.98. The van der Waals surface area contributed by atoms with E-state index in [2.05, 4.69) is 33.7 Å². The number of likely N-dealkylation sites (N-methyl/N-ethyl adjacent to an activating group) is 1. The molecule has 1 heterocycles. The number of piperazine rings is 1. The van der Waals surface area contributed by atoms with E-state index in [1.165, 1.54) is 23.7 Å². The molecule has 0 spiro atoms. The number of rotatable bonds is 5. The summed E-state index contributed by atoms with van der Waals surface area (Å²) in [6, 6.07) is 14.9. The van der Waals surface area contributed by atoms with Gasteiger partial charge in [-0.15, -0.1) is 0 Å². The van der Waals surface area contributed by atoms with Crippen LogP contribution in [0, 0.1) is 10.1 Å². The second-order valence-corrected chi connectivity index (χ2v) is 6.65. The maximum atomic E-state index is 11.1. The van der Waals surface area contributed by atoms with Gasteiger partial charge in [0.25, 0.3) is 5.69 Å². The van der Waals surface area contributed by atoms with Crippen LogP contribution in [0.4, 0.5) is 17.1 Å². The molecule has 2 aromatic rings. The van der Waals surface area contributed by atoms with Gasteiger partial charge in [-0.3, -0.25) is 10.1 Å². The molecule has 0 bridgehead atoms. The summed E-state index contributed by atoms with van der Waals surface area (Å²) in [6.45, 7) is 4.15. The van der Waals surface area contributed by atoms with E-state index in [4.69, 9.17) is 0 Å². The molecule has 1 fully saturated rings. The fourth-order valence-electron chi connectivity index (χ4n) is 2.64. The standard InChI is InChI=1S/C17H20N4O2S/c1-19-9-11-20(12-10-19)14-5-4-6-15(13-14)24-18-16-7-2-3-8-17(16)21(22)23/h2-8,13,18H,9-12H2,1H3. The predicted molar refractivity (Wildman–Crippen MR) is 98.7 cm³/mol. The van der Waals surface area contributed by atoms with Gasteiger partial charge in [0.15, 0.2) is 0 Å². The van der Waals surface area contributed by atoms with Gasteiger partial charge in [-0.1, -0.05) is 18.2 Å². The Morgan fingerprint density at radius 2 is 1.83 bits per heavy atom. The number of nitrogens with one attached hydrogen (secondary N) is 1. The van der Waals surface area contributed by atoms with Crippen molar-refractivity contribution in [3.63, 3.8) is 0 Å². The van der Waals surface area contributed by atoms with Crippen molar-refractivity contribution in [1.82, 2.24) is 4.90 Å². The molecule has 3 rings (SSSR count). The molecule has 0 atom stereocenters. The summed E-state index contributed by atoms with van der Waals surface area (Å²) in [4.78, 5) is 16.4. The first-order chi connectivity index (χ1) is 11.6. The van der Waals surface area contributed by atoms with Gasteiger partial charge in [0.1, 0.15) is 5.69 Å². The molecule has 0 amide bonds. The summed E-state index contributed by atoms with van der Waals surface area (Å²) >= 11 is 1.39. The maximum absolute atomic E-state index is 11.1. The monoisotopic (exact) mass is 344 g/mol. The molecular weight excluding hydrogens is 324 g/mol. The molecule has 0 unspecified atom stereocenters. The summed E-state index contributed by atoms with van der Waals surface area (Å²) in [5.41, 5.74) is 1.79. The highest BCUT2D eigenvalue weighted by Crippen LogP contribution is 2.30. The molecule has 0 saturated carbocycles. The molecule has 6 nitrogen and oxygen atoms in total. The zero-order valence-electron chi connectivity index (χ0n) is 13.5. The van der Waals surface area contributed by atoms with Crippen molar-refractivity contribution in [3.05, 3.63) is 58.6 Å². The minimum atomic E-state index is -0.371. The van der Waals surface area contributed by atoms with E-state index >= 15 is 0 Å². The van der Waals surface area contributed by atoms with Gasteiger partial charge in [0, 0.05) is 42.8 Å². The Balaban J connectivity index is 1.68. The molecule has 126 valence electrons. The van der Waals surface area contributed by atoms with E-state index in [0.29, 0.717) is 5.69 Å². The minimum absolute atomic E-state index is 0.0835. The van der Waals surface area contributed by atoms with Crippen LogP contribution in [0.3, 0.4) is 0 Å². The Bertz CT molecular complexity index is 717. The molecular formula is C17H20N4O2S. The van der Waals surface area contributed by atoms with E-state index < -0.39 is 0 Å². The first kappa shape index (κ1) is 16.6. The lowest BCUT2D eigenvalue weighted by atomic mass is 10.2. The highest BCUT2D eigenvalue weighted by molar-refractivity contribution is 8.00. The van der Waals surface area contributed by atoms with Crippen molar-refractivity contribution in [3.8, 4) is 0 Å². The summed E-state index contributed by atoms with van der Waals surface area (Å²) < 4.78 is 3.10. The van der Waals surface area contributed by atoms with Crippen molar-refractivity contribution in [1.29, 1.82) is 0 Å². The van der Waals surface area contributed by atoms with Crippen molar-refractivity contribution in [2.45, 2.75) is 4.90 Å². The van der Waals surface area contributed by atoms with Gasteiger partial charge in [0.2, 0.25) is 0 Å². The van der Waals surface area contributed by atoms with Gasteiger partial charge >= 0.3 is 0 Å². The highest BCUT2D eigenvalue weighted by Gasteiger charge is 2.15. The van der Waals surface area contributed by atoms with E-state index in [9.17, 15) is 10.1 Å². The zero-order chi connectivity index (χ0) is 16.9. The summed E-state index contributed by atoms with van der Waals surface area (Å²) in [5, 5.41) is 11.1. The van der Waals surface area contributed by atoms with Crippen LogP contribution in [0.25, 0.3) is 0 Å². The molecule has 24 heavy (non-hydrogen) atoms. The molecule has 1 saturated heterocycles. The van der Waals surface area contributed by atoms with Crippen LogP contribution in [0.2, 0.25) is 0 Å². The number of hydrogen-bond donors (Lipinski definition) is 1. The summed E-state index contributed by atoms with van der Waals surface area (Å²) in [5.74, 6) is 0. The molecule has 1 N–H and O–H groups in total. The SMILES string of the molecule is CN1CCN(c2cccc(SNc3ccccc3[N+](=O)[O-])c2)CC1. The number of benzene rings is 2. The zero-order valence-corrected chi connectivity index (χ0v) is 14.3. The quantitative estimate of drug-likeness (QED) is 0.509.